The van der Waals surface area contributed by atoms with Gasteiger partial charge in [-0.25, -0.2) is 4.79 Å². The van der Waals surface area contributed by atoms with Crippen LogP contribution in [0.25, 0.3) is 10.9 Å². The number of rotatable bonds is 4. The number of hydrogen-bond donors (Lipinski definition) is 1. The Kier molecular flexibility index (Phi) is 3.87. The molecule has 96 valence electrons. The van der Waals surface area contributed by atoms with Crippen molar-refractivity contribution in [3.63, 3.8) is 0 Å². The highest BCUT2D eigenvalue weighted by molar-refractivity contribution is 5.81. The number of H-pyrrole nitrogens is 1. The van der Waals surface area contributed by atoms with Crippen LogP contribution in [-0.4, -0.2) is 29.6 Å². The molecule has 0 saturated carbocycles. The highest BCUT2D eigenvalue weighted by Crippen LogP contribution is 2.19. The number of unbranched alkanes of at least 4 members (excludes halogenated alkanes) is 1. The summed E-state index contributed by atoms with van der Waals surface area (Å²) < 4.78 is 5.32. The lowest BCUT2D eigenvalue weighted by Gasteiger charge is -2.16. The van der Waals surface area contributed by atoms with E-state index in [1.54, 1.807) is 11.9 Å². The Hall–Kier alpha value is -1.97. The normalized spacial score (nSPS) is 10.6. The van der Waals surface area contributed by atoms with E-state index in [0.717, 1.165) is 30.3 Å². The van der Waals surface area contributed by atoms with E-state index in [1.807, 2.05) is 30.5 Å². The first-order valence-corrected chi connectivity index (χ1v) is 6.21. The number of carbonyl (C=O) groups excluding carboxylic acids is 1. The van der Waals surface area contributed by atoms with Gasteiger partial charge in [0.15, 0.2) is 0 Å². The van der Waals surface area contributed by atoms with Crippen LogP contribution in [0.5, 0.6) is 5.75 Å². The van der Waals surface area contributed by atoms with Crippen LogP contribution in [0.15, 0.2) is 30.5 Å². The molecular formula is C14H18N2O2. The van der Waals surface area contributed by atoms with Gasteiger partial charge in [0, 0.05) is 31.4 Å². The number of ether oxygens (including phenoxy) is 1. The highest BCUT2D eigenvalue weighted by Gasteiger charge is 2.10. The first kappa shape index (κ1) is 12.5. The van der Waals surface area contributed by atoms with E-state index in [2.05, 4.69) is 11.9 Å². The van der Waals surface area contributed by atoms with Crippen LogP contribution in [0, 0.1) is 0 Å². The van der Waals surface area contributed by atoms with Crippen LogP contribution < -0.4 is 4.74 Å². The summed E-state index contributed by atoms with van der Waals surface area (Å²) in [5, 5.41) is 1.11. The van der Waals surface area contributed by atoms with Crippen LogP contribution >= 0.6 is 0 Å². The standard InChI is InChI=1S/C14H18N2O2/c1-3-4-9-16(2)14(17)18-12-6-5-11-7-8-15-13(11)10-12/h5-8,10,15H,3-4,9H2,1-2H3. The van der Waals surface area contributed by atoms with Gasteiger partial charge in [0.2, 0.25) is 0 Å². The number of nitrogens with one attached hydrogen (secondary N) is 1. The van der Waals surface area contributed by atoms with Gasteiger partial charge >= 0.3 is 6.09 Å². The molecule has 1 N–H and O–H groups in total. The van der Waals surface area contributed by atoms with Gasteiger partial charge in [-0.2, -0.15) is 0 Å². The van der Waals surface area contributed by atoms with Gasteiger partial charge in [0.25, 0.3) is 0 Å². The Labute approximate surface area is 107 Å². The lowest BCUT2D eigenvalue weighted by molar-refractivity contribution is 0.162. The summed E-state index contributed by atoms with van der Waals surface area (Å²) in [6, 6.07) is 7.55. The third kappa shape index (κ3) is 2.83. The average molecular weight is 246 g/mol. The van der Waals surface area contributed by atoms with Gasteiger partial charge in [0.05, 0.1) is 0 Å². The van der Waals surface area contributed by atoms with Gasteiger partial charge in [-0.15, -0.1) is 0 Å². The number of nitrogens with zero attached hydrogens (tertiary/aromatic N) is 1. The number of fused-ring (bicyclic) bond motifs is 1. The second-order valence-electron chi connectivity index (χ2n) is 4.37. The maximum atomic E-state index is 11.8. The number of amides is 1. The fraction of sp³-hybridized carbons (Fsp3) is 0.357. The molecule has 0 aliphatic carbocycles. The fourth-order valence-corrected chi connectivity index (χ4v) is 1.76. The number of hydrogen-bond acceptors (Lipinski definition) is 2. The minimum absolute atomic E-state index is 0.311. The van der Waals surface area contributed by atoms with Crippen molar-refractivity contribution in [3.05, 3.63) is 30.5 Å². The number of carbonyl (C=O) groups is 1. The third-order valence-electron chi connectivity index (χ3n) is 2.89. The maximum absolute atomic E-state index is 11.8. The third-order valence-corrected chi connectivity index (χ3v) is 2.89. The molecule has 1 aromatic heterocycles. The van der Waals surface area contributed by atoms with Crippen molar-refractivity contribution in [1.82, 2.24) is 9.88 Å². The zero-order valence-corrected chi connectivity index (χ0v) is 10.8. The highest BCUT2D eigenvalue weighted by atomic mass is 16.6. The Morgan fingerprint density at radius 2 is 2.22 bits per heavy atom. The van der Waals surface area contributed by atoms with E-state index in [1.165, 1.54) is 0 Å². The van der Waals surface area contributed by atoms with Crippen molar-refractivity contribution in [2.75, 3.05) is 13.6 Å². The largest absolute Gasteiger partial charge is 0.414 e. The molecule has 2 aromatic rings. The summed E-state index contributed by atoms with van der Waals surface area (Å²) in [6.45, 7) is 2.82. The van der Waals surface area contributed by atoms with E-state index >= 15 is 0 Å². The molecule has 0 atom stereocenters. The molecule has 1 aromatic carbocycles. The molecule has 0 radical (unpaired) electrons. The van der Waals surface area contributed by atoms with E-state index in [-0.39, 0.29) is 6.09 Å². The SMILES string of the molecule is CCCCN(C)C(=O)Oc1ccc2cc[nH]c2c1. The second kappa shape index (κ2) is 5.58. The molecule has 0 aliphatic rings. The minimum Gasteiger partial charge on any atom is -0.410 e. The van der Waals surface area contributed by atoms with Crippen molar-refractivity contribution < 1.29 is 9.53 Å². The molecule has 0 aliphatic heterocycles. The molecule has 0 fully saturated rings. The van der Waals surface area contributed by atoms with Crippen LogP contribution in [0.3, 0.4) is 0 Å². The van der Waals surface area contributed by atoms with Gasteiger partial charge in [-0.05, 0) is 30.0 Å². The van der Waals surface area contributed by atoms with Crippen molar-refractivity contribution in [2.45, 2.75) is 19.8 Å². The molecule has 1 amide bonds. The van der Waals surface area contributed by atoms with E-state index in [9.17, 15) is 4.79 Å². The molecule has 0 unspecified atom stereocenters. The number of aromatic nitrogens is 1. The summed E-state index contributed by atoms with van der Waals surface area (Å²) in [6.07, 6.45) is 3.60. The monoisotopic (exact) mass is 246 g/mol. The van der Waals surface area contributed by atoms with Crippen LogP contribution in [0.2, 0.25) is 0 Å². The Morgan fingerprint density at radius 3 is 3.00 bits per heavy atom. The van der Waals surface area contributed by atoms with Crippen LogP contribution in [0.4, 0.5) is 4.79 Å². The fourth-order valence-electron chi connectivity index (χ4n) is 1.76. The Balaban J connectivity index is 2.01. The lowest BCUT2D eigenvalue weighted by Crippen LogP contribution is -2.30. The predicted molar refractivity (Wildman–Crippen MR) is 71.9 cm³/mol. The zero-order valence-electron chi connectivity index (χ0n) is 10.8. The predicted octanol–water partition coefficient (Wildman–Crippen LogP) is 3.40. The van der Waals surface area contributed by atoms with E-state index < -0.39 is 0 Å². The summed E-state index contributed by atoms with van der Waals surface area (Å²) >= 11 is 0. The summed E-state index contributed by atoms with van der Waals surface area (Å²) in [4.78, 5) is 16.5. The van der Waals surface area contributed by atoms with Crippen molar-refractivity contribution in [2.24, 2.45) is 0 Å². The van der Waals surface area contributed by atoms with Crippen LogP contribution in [0.1, 0.15) is 19.8 Å². The molecule has 0 bridgehead atoms. The number of aromatic amines is 1. The Morgan fingerprint density at radius 1 is 1.39 bits per heavy atom. The van der Waals surface area contributed by atoms with Crippen molar-refractivity contribution in [1.29, 1.82) is 0 Å². The topological polar surface area (TPSA) is 45.3 Å². The quantitative estimate of drug-likeness (QED) is 0.898. The van der Waals surface area contributed by atoms with Gasteiger partial charge in [0.1, 0.15) is 5.75 Å². The van der Waals surface area contributed by atoms with Gasteiger partial charge in [-0.1, -0.05) is 13.3 Å². The minimum atomic E-state index is -0.311. The Bertz CT molecular complexity index is 533. The first-order valence-electron chi connectivity index (χ1n) is 6.21. The molecule has 4 nitrogen and oxygen atoms in total. The number of benzene rings is 1. The first-order chi connectivity index (χ1) is 8.70. The smallest absolute Gasteiger partial charge is 0.410 e. The molecule has 0 spiro atoms. The molecule has 4 heteroatoms. The van der Waals surface area contributed by atoms with Crippen LogP contribution in [-0.2, 0) is 0 Å². The summed E-state index contributed by atoms with van der Waals surface area (Å²) in [5.74, 6) is 0.568. The van der Waals surface area contributed by atoms with Gasteiger partial charge < -0.3 is 14.6 Å². The van der Waals surface area contributed by atoms with E-state index in [0.29, 0.717) is 5.75 Å². The molecule has 2 rings (SSSR count). The summed E-state index contributed by atoms with van der Waals surface area (Å²) in [5.41, 5.74) is 0.969. The molecule has 0 saturated heterocycles. The zero-order chi connectivity index (χ0) is 13.0. The second-order valence-corrected chi connectivity index (χ2v) is 4.37. The van der Waals surface area contributed by atoms with E-state index in [4.69, 9.17) is 4.74 Å². The lowest BCUT2D eigenvalue weighted by atomic mass is 10.2. The average Bonchev–Trinajstić information content (AvgIpc) is 2.83. The van der Waals surface area contributed by atoms with Crippen molar-refractivity contribution in [3.8, 4) is 5.75 Å². The molecular weight excluding hydrogens is 228 g/mol. The van der Waals surface area contributed by atoms with Crippen molar-refractivity contribution >= 4 is 17.0 Å². The molecule has 18 heavy (non-hydrogen) atoms. The molecule has 1 heterocycles. The maximum Gasteiger partial charge on any atom is 0.414 e. The summed E-state index contributed by atoms with van der Waals surface area (Å²) in [7, 11) is 1.76. The van der Waals surface area contributed by atoms with Gasteiger partial charge in [-0.3, -0.25) is 0 Å².